The molecule has 0 bridgehead atoms. The van der Waals surface area contributed by atoms with Gasteiger partial charge in [-0.3, -0.25) is 19.9 Å². The second-order valence-electron chi connectivity index (χ2n) is 4.56. The number of nitro groups is 1. The number of rotatable bonds is 4. The number of amides is 1. The highest BCUT2D eigenvalue weighted by Crippen LogP contribution is 2.33. The fraction of sp³-hybridized carbons (Fsp3) is 0.308. The molecule has 1 heterocycles. The summed E-state index contributed by atoms with van der Waals surface area (Å²) in [6.45, 7) is 1.58. The number of hydrogen-bond donors (Lipinski definition) is 1. The molecule has 1 aliphatic heterocycles. The second-order valence-corrected chi connectivity index (χ2v) is 4.96. The molecular formula is C13H11ClN4O3. The average Bonchev–Trinajstić information content (AvgIpc) is 2.75. The first-order chi connectivity index (χ1) is 9.95. The van der Waals surface area contributed by atoms with Crippen molar-refractivity contribution in [2.75, 3.05) is 0 Å². The van der Waals surface area contributed by atoms with Crippen LogP contribution >= 0.6 is 11.6 Å². The molecule has 7 nitrogen and oxygen atoms in total. The molecule has 8 heteroatoms. The first-order valence-electron chi connectivity index (χ1n) is 6.08. The van der Waals surface area contributed by atoms with Gasteiger partial charge >= 0.3 is 6.04 Å². The minimum Gasteiger partial charge on any atom is -0.313 e. The van der Waals surface area contributed by atoms with Crippen molar-refractivity contribution >= 4 is 23.3 Å². The Labute approximate surface area is 125 Å². The van der Waals surface area contributed by atoms with E-state index in [-0.39, 0.29) is 5.02 Å². The molecule has 0 radical (unpaired) electrons. The van der Waals surface area contributed by atoms with Crippen LogP contribution in [-0.4, -0.2) is 28.7 Å². The third kappa shape index (κ3) is 2.85. The standard InChI is InChI=1S/C13H11ClN4O3/c1-7-16-12(13(19)17-7)11(10(6-15)18(20)21)8-4-2-3-5-9(8)14/h2-5,10-12H,1H3,(H,16,17,19)/t10-,11-,12-/m1/s1. The lowest BCUT2D eigenvalue weighted by Crippen LogP contribution is -2.39. The van der Waals surface area contributed by atoms with E-state index in [0.717, 1.165) is 0 Å². The first kappa shape index (κ1) is 14.9. The molecule has 0 spiro atoms. The molecule has 21 heavy (non-hydrogen) atoms. The maximum Gasteiger partial charge on any atom is 0.306 e. The van der Waals surface area contributed by atoms with E-state index in [4.69, 9.17) is 16.9 Å². The first-order valence-corrected chi connectivity index (χ1v) is 6.46. The Hall–Kier alpha value is -2.46. The zero-order valence-corrected chi connectivity index (χ0v) is 11.7. The van der Waals surface area contributed by atoms with Crippen LogP contribution in [0.25, 0.3) is 0 Å². The summed E-state index contributed by atoms with van der Waals surface area (Å²) in [6.07, 6.45) is 0. The SMILES string of the molecule is CC1=N[C@H]([C@H](c2ccccc2Cl)[C@@H](C#N)[N+](=O)[O-])C(=O)N1. The molecule has 0 aliphatic carbocycles. The van der Waals surface area contributed by atoms with Gasteiger partial charge in [-0.25, -0.2) is 0 Å². The van der Waals surface area contributed by atoms with Crippen molar-refractivity contribution in [2.24, 2.45) is 4.99 Å². The smallest absolute Gasteiger partial charge is 0.306 e. The predicted octanol–water partition coefficient (Wildman–Crippen LogP) is 1.51. The maximum absolute atomic E-state index is 12.0. The summed E-state index contributed by atoms with van der Waals surface area (Å²) in [5, 5.41) is 23.0. The van der Waals surface area contributed by atoms with E-state index in [1.54, 1.807) is 37.3 Å². The minimum absolute atomic E-state index is 0.261. The molecule has 0 saturated heterocycles. The number of amidine groups is 1. The molecule has 0 unspecified atom stereocenters. The number of hydrogen-bond acceptors (Lipinski definition) is 5. The lowest BCUT2D eigenvalue weighted by Gasteiger charge is -2.20. The Morgan fingerprint density at radius 3 is 2.67 bits per heavy atom. The van der Waals surface area contributed by atoms with E-state index in [2.05, 4.69) is 10.3 Å². The number of carbonyl (C=O) groups excluding carboxylic acids is 1. The summed E-state index contributed by atoms with van der Waals surface area (Å²) in [5.41, 5.74) is 0.362. The van der Waals surface area contributed by atoms with Crippen molar-refractivity contribution in [3.05, 3.63) is 45.0 Å². The molecule has 1 aromatic rings. The Morgan fingerprint density at radius 2 is 2.19 bits per heavy atom. The van der Waals surface area contributed by atoms with Gasteiger partial charge in [-0.15, -0.1) is 0 Å². The Balaban J connectivity index is 2.55. The van der Waals surface area contributed by atoms with Crippen molar-refractivity contribution in [3.8, 4) is 6.07 Å². The number of nitriles is 1. The van der Waals surface area contributed by atoms with Crippen molar-refractivity contribution < 1.29 is 9.72 Å². The van der Waals surface area contributed by atoms with E-state index in [0.29, 0.717) is 11.4 Å². The summed E-state index contributed by atoms with van der Waals surface area (Å²) in [5.74, 6) is -1.15. The minimum atomic E-state index is -1.62. The van der Waals surface area contributed by atoms with E-state index in [9.17, 15) is 14.9 Å². The quantitative estimate of drug-likeness (QED) is 0.671. The van der Waals surface area contributed by atoms with Gasteiger partial charge in [-0.05, 0) is 18.6 Å². The van der Waals surface area contributed by atoms with Gasteiger partial charge in [-0.2, -0.15) is 5.26 Å². The van der Waals surface area contributed by atoms with E-state index in [1.807, 2.05) is 0 Å². The number of benzene rings is 1. The normalized spacial score (nSPS) is 20.1. The van der Waals surface area contributed by atoms with Gasteiger partial charge in [0.1, 0.15) is 17.9 Å². The van der Waals surface area contributed by atoms with Gasteiger partial charge in [-0.1, -0.05) is 29.8 Å². The van der Waals surface area contributed by atoms with Crippen molar-refractivity contribution in [1.29, 1.82) is 5.26 Å². The van der Waals surface area contributed by atoms with Crippen molar-refractivity contribution in [3.63, 3.8) is 0 Å². The third-order valence-corrected chi connectivity index (χ3v) is 3.55. The van der Waals surface area contributed by atoms with Crippen LogP contribution in [0.1, 0.15) is 18.4 Å². The van der Waals surface area contributed by atoms with Gasteiger partial charge in [0.25, 0.3) is 5.91 Å². The average molecular weight is 307 g/mol. The molecule has 108 valence electrons. The highest BCUT2D eigenvalue weighted by atomic mass is 35.5. The summed E-state index contributed by atoms with van der Waals surface area (Å²) in [6, 6.07) is 5.41. The Kier molecular flexibility index (Phi) is 4.19. The summed E-state index contributed by atoms with van der Waals surface area (Å²) < 4.78 is 0. The van der Waals surface area contributed by atoms with E-state index in [1.165, 1.54) is 0 Å². The van der Waals surface area contributed by atoms with Crippen molar-refractivity contribution in [1.82, 2.24) is 5.32 Å². The van der Waals surface area contributed by atoms with Crippen LogP contribution in [0.4, 0.5) is 0 Å². The number of aliphatic imine (C=N–C) groups is 1. The van der Waals surface area contributed by atoms with Crippen LogP contribution in [0, 0.1) is 21.4 Å². The van der Waals surface area contributed by atoms with Crippen LogP contribution in [0.15, 0.2) is 29.3 Å². The van der Waals surface area contributed by atoms with Crippen LogP contribution in [0.3, 0.4) is 0 Å². The highest BCUT2D eigenvalue weighted by molar-refractivity contribution is 6.31. The topological polar surface area (TPSA) is 108 Å². The second kappa shape index (κ2) is 5.89. The predicted molar refractivity (Wildman–Crippen MR) is 75.6 cm³/mol. The highest BCUT2D eigenvalue weighted by Gasteiger charge is 2.45. The lowest BCUT2D eigenvalue weighted by atomic mass is 9.85. The molecule has 1 aliphatic rings. The Bertz CT molecular complexity index is 668. The molecule has 1 N–H and O–H groups in total. The molecule has 1 amide bonds. The fourth-order valence-corrected chi connectivity index (χ4v) is 2.57. The van der Waals surface area contributed by atoms with E-state index < -0.39 is 28.8 Å². The third-order valence-electron chi connectivity index (χ3n) is 3.21. The van der Waals surface area contributed by atoms with Crippen LogP contribution in [0.5, 0.6) is 0 Å². The largest absolute Gasteiger partial charge is 0.313 e. The van der Waals surface area contributed by atoms with Crippen LogP contribution in [0.2, 0.25) is 5.02 Å². The van der Waals surface area contributed by atoms with Gasteiger partial charge < -0.3 is 5.32 Å². The fourth-order valence-electron chi connectivity index (χ4n) is 2.31. The number of carbonyl (C=O) groups is 1. The molecular weight excluding hydrogens is 296 g/mol. The Morgan fingerprint density at radius 1 is 1.52 bits per heavy atom. The molecule has 0 fully saturated rings. The van der Waals surface area contributed by atoms with Gasteiger partial charge in [0, 0.05) is 9.95 Å². The molecule has 0 aromatic heterocycles. The molecule has 2 rings (SSSR count). The zero-order chi connectivity index (χ0) is 15.6. The summed E-state index contributed by atoms with van der Waals surface area (Å²) in [4.78, 5) is 26.5. The van der Waals surface area contributed by atoms with Gasteiger partial charge in [0.2, 0.25) is 0 Å². The van der Waals surface area contributed by atoms with Crippen LogP contribution < -0.4 is 5.32 Å². The van der Waals surface area contributed by atoms with E-state index >= 15 is 0 Å². The van der Waals surface area contributed by atoms with Crippen LogP contribution in [-0.2, 0) is 4.79 Å². The maximum atomic E-state index is 12.0. The van der Waals surface area contributed by atoms with Gasteiger partial charge in [0.05, 0.1) is 5.92 Å². The number of halogens is 1. The number of nitrogens with one attached hydrogen (secondary N) is 1. The number of nitrogens with zero attached hydrogens (tertiary/aromatic N) is 3. The lowest BCUT2D eigenvalue weighted by molar-refractivity contribution is -0.511. The molecule has 0 saturated carbocycles. The summed E-state index contributed by atoms with van der Waals surface area (Å²) in [7, 11) is 0. The zero-order valence-electron chi connectivity index (χ0n) is 11.0. The van der Waals surface area contributed by atoms with Gasteiger partial charge in [0.15, 0.2) is 0 Å². The summed E-state index contributed by atoms with van der Waals surface area (Å²) >= 11 is 6.08. The molecule has 1 aromatic carbocycles. The monoisotopic (exact) mass is 306 g/mol. The van der Waals surface area contributed by atoms with Crippen molar-refractivity contribution in [2.45, 2.75) is 24.9 Å². The molecule has 3 atom stereocenters.